The van der Waals surface area contributed by atoms with E-state index in [1.165, 1.54) is 0 Å². The van der Waals surface area contributed by atoms with E-state index in [1.807, 2.05) is 66.7 Å². The van der Waals surface area contributed by atoms with Crippen molar-refractivity contribution in [2.75, 3.05) is 11.9 Å². The van der Waals surface area contributed by atoms with E-state index in [2.05, 4.69) is 33.0 Å². The number of hydrogen-bond donors (Lipinski definition) is 2. The first-order valence-corrected chi connectivity index (χ1v) is 9.01. The molecular formula is C22H17N5O. The van der Waals surface area contributed by atoms with Crippen LogP contribution in [0.1, 0.15) is 11.4 Å². The number of tetrazole rings is 1. The lowest BCUT2D eigenvalue weighted by molar-refractivity contribution is 0.511. The summed E-state index contributed by atoms with van der Waals surface area (Å²) in [6.45, 7) is 0.450. The summed E-state index contributed by atoms with van der Waals surface area (Å²) < 4.78 is 1.65. The van der Waals surface area contributed by atoms with Crippen LogP contribution in [0.15, 0.2) is 78.9 Å². The fourth-order valence-electron chi connectivity index (χ4n) is 3.43. The fourth-order valence-corrected chi connectivity index (χ4v) is 3.43. The van der Waals surface area contributed by atoms with Crippen molar-refractivity contribution in [2.45, 2.75) is 0 Å². The molecule has 3 aromatic carbocycles. The molecular weight excluding hydrogens is 350 g/mol. The quantitative estimate of drug-likeness (QED) is 0.568. The molecule has 0 bridgehead atoms. The molecule has 6 nitrogen and oxygen atoms in total. The Morgan fingerprint density at radius 3 is 2.36 bits per heavy atom. The lowest BCUT2D eigenvalue weighted by atomic mass is 10.0. The summed E-state index contributed by atoms with van der Waals surface area (Å²) in [4.78, 5) is 0. The number of benzene rings is 3. The number of para-hydroxylation sites is 1. The highest BCUT2D eigenvalue weighted by Gasteiger charge is 2.23. The SMILES string of the molecule is OC1=C(c2nnnn2-c2ccc(-c3ccccc3)cc2)CNc2ccccc21. The van der Waals surface area contributed by atoms with Gasteiger partial charge in [0.2, 0.25) is 0 Å². The minimum absolute atomic E-state index is 0.200. The van der Waals surface area contributed by atoms with Gasteiger partial charge in [-0.1, -0.05) is 54.6 Å². The molecule has 1 aliphatic heterocycles. The first kappa shape index (κ1) is 16.3. The Bertz CT molecular complexity index is 1160. The molecule has 0 amide bonds. The van der Waals surface area contributed by atoms with Gasteiger partial charge in [-0.3, -0.25) is 0 Å². The summed E-state index contributed by atoms with van der Waals surface area (Å²) in [6, 6.07) is 25.9. The maximum atomic E-state index is 10.8. The van der Waals surface area contributed by atoms with Crippen LogP contribution in [0.25, 0.3) is 28.1 Å². The van der Waals surface area contributed by atoms with Gasteiger partial charge in [0.15, 0.2) is 5.82 Å². The smallest absolute Gasteiger partial charge is 0.188 e. The van der Waals surface area contributed by atoms with E-state index in [9.17, 15) is 5.11 Å². The van der Waals surface area contributed by atoms with E-state index in [-0.39, 0.29) is 5.76 Å². The van der Waals surface area contributed by atoms with Gasteiger partial charge in [0.25, 0.3) is 0 Å². The summed E-state index contributed by atoms with van der Waals surface area (Å²) in [5.41, 5.74) is 5.41. The van der Waals surface area contributed by atoms with Crippen molar-refractivity contribution in [2.24, 2.45) is 0 Å². The Balaban J connectivity index is 1.54. The van der Waals surface area contributed by atoms with Crippen molar-refractivity contribution in [1.29, 1.82) is 0 Å². The molecule has 5 rings (SSSR count). The molecule has 2 N–H and O–H groups in total. The Morgan fingerprint density at radius 1 is 0.821 bits per heavy atom. The van der Waals surface area contributed by atoms with Gasteiger partial charge in [-0.15, -0.1) is 5.10 Å². The standard InChI is InChI=1S/C22H17N5O/c28-21-18-8-4-5-9-20(18)23-14-19(21)22-24-25-26-27(22)17-12-10-16(11-13-17)15-6-2-1-3-7-15/h1-13,23,28H,14H2. The van der Waals surface area contributed by atoms with Gasteiger partial charge in [-0.2, -0.15) is 4.68 Å². The van der Waals surface area contributed by atoms with Crippen LogP contribution in [0.5, 0.6) is 0 Å². The van der Waals surface area contributed by atoms with E-state index >= 15 is 0 Å². The number of aliphatic hydroxyl groups is 1. The number of rotatable bonds is 3. The lowest BCUT2D eigenvalue weighted by Gasteiger charge is -2.20. The number of anilines is 1. The zero-order chi connectivity index (χ0) is 18.9. The molecule has 0 unspecified atom stereocenters. The van der Waals surface area contributed by atoms with Crippen LogP contribution in [0.4, 0.5) is 5.69 Å². The second-order valence-electron chi connectivity index (χ2n) is 6.55. The van der Waals surface area contributed by atoms with Crippen molar-refractivity contribution in [3.05, 3.63) is 90.3 Å². The topological polar surface area (TPSA) is 75.9 Å². The maximum Gasteiger partial charge on any atom is 0.188 e. The van der Waals surface area contributed by atoms with Crippen LogP contribution in [-0.4, -0.2) is 31.9 Å². The van der Waals surface area contributed by atoms with Gasteiger partial charge in [-0.25, -0.2) is 0 Å². The molecule has 2 heterocycles. The van der Waals surface area contributed by atoms with Crippen LogP contribution in [0, 0.1) is 0 Å². The van der Waals surface area contributed by atoms with Gasteiger partial charge in [0.05, 0.1) is 11.3 Å². The van der Waals surface area contributed by atoms with E-state index in [1.54, 1.807) is 4.68 Å². The normalized spacial score (nSPS) is 13.1. The highest BCUT2D eigenvalue weighted by atomic mass is 16.3. The average Bonchev–Trinajstić information content (AvgIpc) is 3.24. The van der Waals surface area contributed by atoms with Gasteiger partial charge in [0.1, 0.15) is 5.76 Å². The highest BCUT2D eigenvalue weighted by molar-refractivity contribution is 5.93. The highest BCUT2D eigenvalue weighted by Crippen LogP contribution is 2.33. The third-order valence-electron chi connectivity index (χ3n) is 4.88. The van der Waals surface area contributed by atoms with E-state index in [0.29, 0.717) is 17.9 Å². The number of aromatic nitrogens is 4. The molecule has 1 aromatic heterocycles. The molecule has 136 valence electrons. The molecule has 1 aliphatic rings. The molecule has 28 heavy (non-hydrogen) atoms. The maximum absolute atomic E-state index is 10.8. The Kier molecular flexibility index (Phi) is 3.87. The summed E-state index contributed by atoms with van der Waals surface area (Å²) in [6.07, 6.45) is 0. The Morgan fingerprint density at radius 2 is 1.54 bits per heavy atom. The molecule has 0 spiro atoms. The molecule has 0 saturated heterocycles. The summed E-state index contributed by atoms with van der Waals surface area (Å²) in [7, 11) is 0. The fraction of sp³-hybridized carbons (Fsp3) is 0.0455. The average molecular weight is 367 g/mol. The Labute approximate surface area is 161 Å². The van der Waals surface area contributed by atoms with Crippen molar-refractivity contribution < 1.29 is 5.11 Å². The first-order chi connectivity index (χ1) is 13.8. The lowest BCUT2D eigenvalue weighted by Crippen LogP contribution is -2.16. The van der Waals surface area contributed by atoms with Gasteiger partial charge in [-0.05, 0) is 45.8 Å². The minimum atomic E-state index is 0.200. The summed E-state index contributed by atoms with van der Waals surface area (Å²) in [5.74, 6) is 0.721. The van der Waals surface area contributed by atoms with Crippen LogP contribution < -0.4 is 5.32 Å². The molecule has 0 fully saturated rings. The van der Waals surface area contributed by atoms with Crippen molar-refractivity contribution >= 4 is 17.0 Å². The van der Waals surface area contributed by atoms with Crippen molar-refractivity contribution in [3.63, 3.8) is 0 Å². The van der Waals surface area contributed by atoms with Crippen LogP contribution >= 0.6 is 0 Å². The van der Waals surface area contributed by atoms with Gasteiger partial charge >= 0.3 is 0 Å². The number of nitrogens with one attached hydrogen (secondary N) is 1. The monoisotopic (exact) mass is 367 g/mol. The predicted octanol–water partition coefficient (Wildman–Crippen LogP) is 4.18. The molecule has 0 aliphatic carbocycles. The molecule has 0 saturated carbocycles. The number of aliphatic hydroxyl groups excluding tert-OH is 1. The predicted molar refractivity (Wildman–Crippen MR) is 109 cm³/mol. The number of fused-ring (bicyclic) bond motifs is 1. The van der Waals surface area contributed by atoms with Crippen molar-refractivity contribution in [3.8, 4) is 16.8 Å². The first-order valence-electron chi connectivity index (χ1n) is 9.01. The van der Waals surface area contributed by atoms with Crippen LogP contribution in [0.3, 0.4) is 0 Å². The van der Waals surface area contributed by atoms with E-state index in [0.717, 1.165) is 28.1 Å². The molecule has 0 radical (unpaired) electrons. The van der Waals surface area contributed by atoms with Gasteiger partial charge < -0.3 is 10.4 Å². The third-order valence-corrected chi connectivity index (χ3v) is 4.88. The third kappa shape index (κ3) is 2.72. The molecule has 4 aromatic rings. The minimum Gasteiger partial charge on any atom is -0.507 e. The molecule has 6 heteroatoms. The van der Waals surface area contributed by atoms with Crippen LogP contribution in [0.2, 0.25) is 0 Å². The van der Waals surface area contributed by atoms with Crippen molar-refractivity contribution in [1.82, 2.24) is 20.2 Å². The Hall–Kier alpha value is -3.93. The second kappa shape index (κ2) is 6.66. The van der Waals surface area contributed by atoms with Gasteiger partial charge in [0, 0.05) is 17.8 Å². The van der Waals surface area contributed by atoms with E-state index < -0.39 is 0 Å². The summed E-state index contributed by atoms with van der Waals surface area (Å²) >= 11 is 0. The zero-order valence-corrected chi connectivity index (χ0v) is 14.9. The number of nitrogens with zero attached hydrogens (tertiary/aromatic N) is 4. The summed E-state index contributed by atoms with van der Waals surface area (Å²) in [5, 5.41) is 26.2. The number of hydrogen-bond acceptors (Lipinski definition) is 5. The zero-order valence-electron chi connectivity index (χ0n) is 14.9. The molecule has 0 atom stereocenters. The van der Waals surface area contributed by atoms with E-state index in [4.69, 9.17) is 0 Å². The largest absolute Gasteiger partial charge is 0.507 e. The van der Waals surface area contributed by atoms with Crippen LogP contribution in [-0.2, 0) is 0 Å². The second-order valence-corrected chi connectivity index (χ2v) is 6.55.